The molecule has 15 heavy (non-hydrogen) atoms. The molecule has 0 radical (unpaired) electrons. The van der Waals surface area contributed by atoms with Gasteiger partial charge < -0.3 is 10.2 Å². The third-order valence-electron chi connectivity index (χ3n) is 2.85. The van der Waals surface area contributed by atoms with Gasteiger partial charge in [-0.3, -0.25) is 4.98 Å². The molecule has 0 fully saturated rings. The maximum Gasteiger partial charge on any atom is 0.134 e. The van der Waals surface area contributed by atoms with Crippen LogP contribution in [0.3, 0.4) is 0 Å². The number of hydrogen-bond donors (Lipinski definition) is 2. The summed E-state index contributed by atoms with van der Waals surface area (Å²) >= 11 is 0. The van der Waals surface area contributed by atoms with Crippen LogP contribution in [0.1, 0.15) is 32.9 Å². The van der Waals surface area contributed by atoms with Crippen molar-refractivity contribution in [2.75, 3.05) is 0 Å². The van der Waals surface area contributed by atoms with Gasteiger partial charge >= 0.3 is 0 Å². The predicted molar refractivity (Wildman–Crippen MR) is 59.3 cm³/mol. The topological polar surface area (TPSA) is 53.4 Å². The molecule has 84 valence electrons. The molecule has 0 aromatic carbocycles. The van der Waals surface area contributed by atoms with Crippen molar-refractivity contribution in [3.8, 4) is 0 Å². The van der Waals surface area contributed by atoms with Crippen LogP contribution in [-0.2, 0) is 5.60 Å². The molecule has 3 heteroatoms. The van der Waals surface area contributed by atoms with E-state index in [4.69, 9.17) is 0 Å². The van der Waals surface area contributed by atoms with Crippen LogP contribution in [0.4, 0.5) is 0 Å². The molecule has 1 heterocycles. The lowest BCUT2D eigenvalue weighted by molar-refractivity contribution is -0.116. The molecule has 2 N–H and O–H groups in total. The maximum atomic E-state index is 10.5. The highest BCUT2D eigenvalue weighted by Crippen LogP contribution is 2.32. The summed E-state index contributed by atoms with van der Waals surface area (Å²) in [5.41, 5.74) is -0.718. The van der Waals surface area contributed by atoms with Crippen molar-refractivity contribution in [1.29, 1.82) is 0 Å². The van der Waals surface area contributed by atoms with Crippen molar-refractivity contribution in [2.45, 2.75) is 38.9 Å². The van der Waals surface area contributed by atoms with Gasteiger partial charge in [0, 0.05) is 6.20 Å². The number of rotatable bonds is 4. The smallest absolute Gasteiger partial charge is 0.134 e. The van der Waals surface area contributed by atoms with Crippen molar-refractivity contribution >= 4 is 0 Å². The summed E-state index contributed by atoms with van der Waals surface area (Å²) in [7, 11) is 0. The lowest BCUT2D eigenvalue weighted by Gasteiger charge is -2.35. The third-order valence-corrected chi connectivity index (χ3v) is 2.85. The second kappa shape index (κ2) is 4.73. The summed E-state index contributed by atoms with van der Waals surface area (Å²) in [6, 6.07) is 5.36. The number of nitrogens with zero attached hydrogens (tertiary/aromatic N) is 1. The lowest BCUT2D eigenvalue weighted by atomic mass is 9.80. The molecule has 0 aliphatic carbocycles. The minimum absolute atomic E-state index is 0.0812. The molecule has 1 rings (SSSR count). The summed E-state index contributed by atoms with van der Waals surface area (Å²) in [4.78, 5) is 4.13. The van der Waals surface area contributed by atoms with Crippen LogP contribution >= 0.6 is 0 Å². The van der Waals surface area contributed by atoms with Crippen LogP contribution in [0, 0.1) is 5.92 Å². The summed E-state index contributed by atoms with van der Waals surface area (Å²) in [6.07, 6.45) is 1.35. The second-order valence-electron chi connectivity index (χ2n) is 4.12. The number of hydrogen-bond acceptors (Lipinski definition) is 3. The minimum Gasteiger partial charge on any atom is -0.390 e. The zero-order valence-corrected chi connectivity index (χ0v) is 9.51. The van der Waals surface area contributed by atoms with Gasteiger partial charge in [0.2, 0.25) is 0 Å². The summed E-state index contributed by atoms with van der Waals surface area (Å²) < 4.78 is 0. The molecule has 0 saturated carbocycles. The van der Waals surface area contributed by atoms with Crippen molar-refractivity contribution < 1.29 is 10.2 Å². The van der Waals surface area contributed by atoms with Gasteiger partial charge in [-0.25, -0.2) is 0 Å². The molecule has 2 atom stereocenters. The van der Waals surface area contributed by atoms with Gasteiger partial charge in [0.15, 0.2) is 0 Å². The van der Waals surface area contributed by atoms with Gasteiger partial charge in [0.25, 0.3) is 0 Å². The normalized spacial score (nSPS) is 17.5. The molecule has 0 bridgehead atoms. The monoisotopic (exact) mass is 209 g/mol. The maximum absolute atomic E-state index is 10.5. The zero-order valence-electron chi connectivity index (χ0n) is 9.51. The molecule has 0 spiro atoms. The quantitative estimate of drug-likeness (QED) is 0.793. The molecule has 1 unspecified atom stereocenters. The Morgan fingerprint density at radius 3 is 2.47 bits per heavy atom. The van der Waals surface area contributed by atoms with E-state index in [1.165, 1.54) is 0 Å². The SMILES string of the molecule is CC[C@H](O)C(O)(c1ccccn1)C(C)C. The fraction of sp³-hybridized carbons (Fsp3) is 0.583. The first kappa shape index (κ1) is 12.1. The van der Waals surface area contributed by atoms with E-state index >= 15 is 0 Å². The van der Waals surface area contributed by atoms with E-state index < -0.39 is 11.7 Å². The predicted octanol–water partition coefficient (Wildman–Crippen LogP) is 1.70. The van der Waals surface area contributed by atoms with E-state index in [0.29, 0.717) is 12.1 Å². The average Bonchev–Trinajstić information content (AvgIpc) is 2.27. The van der Waals surface area contributed by atoms with Gasteiger partial charge in [-0.05, 0) is 24.5 Å². The lowest BCUT2D eigenvalue weighted by Crippen LogP contribution is -2.44. The number of aromatic nitrogens is 1. The number of pyridine rings is 1. The average molecular weight is 209 g/mol. The van der Waals surface area contributed by atoms with E-state index in [1.807, 2.05) is 26.8 Å². The Bertz CT molecular complexity index is 300. The van der Waals surface area contributed by atoms with E-state index in [1.54, 1.807) is 18.3 Å². The molecule has 0 saturated heterocycles. The molecule has 0 aliphatic heterocycles. The largest absolute Gasteiger partial charge is 0.390 e. The summed E-state index contributed by atoms with van der Waals surface area (Å²) in [5.74, 6) is -0.0812. The van der Waals surface area contributed by atoms with E-state index in [9.17, 15) is 10.2 Å². The molecule has 0 aliphatic rings. The highest BCUT2D eigenvalue weighted by atomic mass is 16.3. The number of aliphatic hydroxyl groups is 2. The van der Waals surface area contributed by atoms with E-state index in [-0.39, 0.29) is 5.92 Å². The standard InChI is InChI=1S/C12H19NO2/c1-4-11(14)12(15,9(2)3)10-7-5-6-8-13-10/h5-9,11,14-15H,4H2,1-3H3/t11-,12?/m0/s1. The van der Waals surface area contributed by atoms with Crippen molar-refractivity contribution in [2.24, 2.45) is 5.92 Å². The highest BCUT2D eigenvalue weighted by Gasteiger charge is 2.40. The van der Waals surface area contributed by atoms with Crippen molar-refractivity contribution in [1.82, 2.24) is 4.98 Å². The van der Waals surface area contributed by atoms with Gasteiger partial charge in [-0.1, -0.05) is 26.8 Å². The Morgan fingerprint density at radius 2 is 2.07 bits per heavy atom. The molecule has 0 amide bonds. The minimum atomic E-state index is -1.25. The fourth-order valence-corrected chi connectivity index (χ4v) is 1.76. The van der Waals surface area contributed by atoms with Crippen molar-refractivity contribution in [3.63, 3.8) is 0 Å². The van der Waals surface area contributed by atoms with E-state index in [2.05, 4.69) is 4.98 Å². The van der Waals surface area contributed by atoms with Gasteiger partial charge in [-0.15, -0.1) is 0 Å². The van der Waals surface area contributed by atoms with Crippen LogP contribution < -0.4 is 0 Å². The van der Waals surface area contributed by atoms with Crippen LogP contribution in [0.2, 0.25) is 0 Å². The Morgan fingerprint density at radius 1 is 1.40 bits per heavy atom. The third kappa shape index (κ3) is 2.19. The van der Waals surface area contributed by atoms with Crippen LogP contribution in [0.5, 0.6) is 0 Å². The Labute approximate surface area is 90.8 Å². The van der Waals surface area contributed by atoms with E-state index in [0.717, 1.165) is 0 Å². The fourth-order valence-electron chi connectivity index (χ4n) is 1.76. The summed E-state index contributed by atoms with van der Waals surface area (Å²) in [6.45, 7) is 5.61. The molecular formula is C12H19NO2. The van der Waals surface area contributed by atoms with Gasteiger partial charge in [0.05, 0.1) is 11.8 Å². The van der Waals surface area contributed by atoms with Gasteiger partial charge in [-0.2, -0.15) is 0 Å². The molecule has 1 aromatic heterocycles. The highest BCUT2D eigenvalue weighted by molar-refractivity contribution is 5.16. The Kier molecular flexibility index (Phi) is 3.83. The molecule has 1 aromatic rings. The van der Waals surface area contributed by atoms with Crippen LogP contribution in [-0.4, -0.2) is 21.3 Å². The first-order valence-electron chi connectivity index (χ1n) is 5.35. The van der Waals surface area contributed by atoms with Crippen LogP contribution in [0.15, 0.2) is 24.4 Å². The second-order valence-corrected chi connectivity index (χ2v) is 4.12. The van der Waals surface area contributed by atoms with Crippen LogP contribution in [0.25, 0.3) is 0 Å². The first-order valence-corrected chi connectivity index (χ1v) is 5.35. The molecular weight excluding hydrogens is 190 g/mol. The van der Waals surface area contributed by atoms with Gasteiger partial charge in [0.1, 0.15) is 5.60 Å². The zero-order chi connectivity index (χ0) is 11.5. The summed E-state index contributed by atoms with van der Waals surface area (Å²) in [5, 5.41) is 20.4. The Hall–Kier alpha value is -0.930. The first-order chi connectivity index (χ1) is 7.03. The molecule has 3 nitrogen and oxygen atoms in total. The number of aliphatic hydroxyl groups excluding tert-OH is 1. The Balaban J connectivity index is 3.13. The van der Waals surface area contributed by atoms with Crippen molar-refractivity contribution in [3.05, 3.63) is 30.1 Å².